The minimum atomic E-state index is 1.00. The third-order valence-corrected chi connectivity index (χ3v) is 1.38. The van der Waals surface area contributed by atoms with Crippen LogP contribution in [0.1, 0.15) is 13.3 Å². The number of aromatic nitrogens is 1. The molecule has 0 aliphatic rings. The van der Waals surface area contributed by atoms with E-state index in [-0.39, 0.29) is 0 Å². The van der Waals surface area contributed by atoms with E-state index in [0.29, 0.717) is 0 Å². The summed E-state index contributed by atoms with van der Waals surface area (Å²) in [6.45, 7) is 3.15. The first-order valence-corrected chi connectivity index (χ1v) is 3.69. The van der Waals surface area contributed by atoms with Crippen LogP contribution in [0.4, 0.5) is 0 Å². The Kier molecular flexibility index (Phi) is 2.81. The topological polar surface area (TPSA) is 4.93 Å². The Morgan fingerprint density at radius 2 is 1.90 bits per heavy atom. The molecule has 1 nitrogen and oxygen atoms in total. The molecular weight excluding hydrogens is 122 g/mol. The molecule has 0 amide bonds. The molecule has 0 saturated carbocycles. The van der Waals surface area contributed by atoms with Gasteiger partial charge in [0, 0.05) is 18.9 Å². The third kappa shape index (κ3) is 2.09. The molecule has 0 radical (unpaired) electrons. The van der Waals surface area contributed by atoms with Crippen LogP contribution in [0, 0.1) is 0 Å². The van der Waals surface area contributed by atoms with E-state index in [1.807, 2.05) is 12.1 Å². The lowest BCUT2D eigenvalue weighted by Gasteiger charge is -1.93. The van der Waals surface area contributed by atoms with Gasteiger partial charge in [-0.3, -0.25) is 0 Å². The number of rotatable bonds is 3. The fraction of sp³-hybridized carbons (Fsp3) is 0.333. The molecule has 0 spiro atoms. The maximum absolute atomic E-state index is 2.18. The van der Waals surface area contributed by atoms with Crippen molar-refractivity contribution in [1.82, 2.24) is 4.57 Å². The van der Waals surface area contributed by atoms with E-state index in [1.165, 1.54) is 0 Å². The van der Waals surface area contributed by atoms with Crippen LogP contribution in [-0.2, 0) is 6.54 Å². The van der Waals surface area contributed by atoms with Crippen molar-refractivity contribution in [2.75, 3.05) is 0 Å². The first-order chi connectivity index (χ1) is 4.93. The predicted molar refractivity (Wildman–Crippen MR) is 43.9 cm³/mol. The third-order valence-electron chi connectivity index (χ3n) is 1.38. The highest BCUT2D eigenvalue weighted by atomic mass is 14.9. The largest absolute Gasteiger partial charge is 0.351 e. The molecule has 0 fully saturated rings. The van der Waals surface area contributed by atoms with Crippen LogP contribution in [0.2, 0.25) is 0 Å². The Bertz CT molecular complexity index is 185. The van der Waals surface area contributed by atoms with E-state index >= 15 is 0 Å². The van der Waals surface area contributed by atoms with Crippen molar-refractivity contribution in [3.05, 3.63) is 36.7 Å². The zero-order chi connectivity index (χ0) is 7.23. The van der Waals surface area contributed by atoms with Crippen molar-refractivity contribution in [3.8, 4) is 0 Å². The second kappa shape index (κ2) is 3.94. The van der Waals surface area contributed by atoms with Gasteiger partial charge in [-0.1, -0.05) is 19.1 Å². The Labute approximate surface area is 62.0 Å². The second-order valence-corrected chi connectivity index (χ2v) is 2.26. The zero-order valence-electron chi connectivity index (χ0n) is 6.33. The van der Waals surface area contributed by atoms with Crippen LogP contribution in [-0.4, -0.2) is 4.57 Å². The molecular formula is C9H13N. The Hall–Kier alpha value is -0.980. The maximum Gasteiger partial charge on any atom is 0.0400 e. The minimum Gasteiger partial charge on any atom is -0.351 e. The van der Waals surface area contributed by atoms with Crippen LogP contribution in [0.3, 0.4) is 0 Å². The monoisotopic (exact) mass is 135 g/mol. The highest BCUT2D eigenvalue weighted by Crippen LogP contribution is 1.90. The van der Waals surface area contributed by atoms with Gasteiger partial charge in [-0.05, 0) is 18.6 Å². The summed E-state index contributed by atoms with van der Waals surface area (Å²) in [5.41, 5.74) is 0. The maximum atomic E-state index is 2.18. The number of hydrogen-bond donors (Lipinski definition) is 0. The first kappa shape index (κ1) is 7.13. The molecule has 1 rings (SSSR count). The SMILES string of the molecule is CC/C=C\Cn1cccc1. The summed E-state index contributed by atoms with van der Waals surface area (Å²) in [7, 11) is 0. The fourth-order valence-electron chi connectivity index (χ4n) is 0.855. The summed E-state index contributed by atoms with van der Waals surface area (Å²) < 4.78 is 2.14. The number of hydrogen-bond acceptors (Lipinski definition) is 0. The molecule has 1 heteroatoms. The Balaban J connectivity index is 2.34. The molecule has 0 N–H and O–H groups in total. The molecule has 0 unspecified atom stereocenters. The van der Waals surface area contributed by atoms with Crippen molar-refractivity contribution >= 4 is 0 Å². The van der Waals surface area contributed by atoms with E-state index in [4.69, 9.17) is 0 Å². The van der Waals surface area contributed by atoms with Gasteiger partial charge in [0.05, 0.1) is 0 Å². The summed E-state index contributed by atoms with van der Waals surface area (Å²) in [4.78, 5) is 0. The molecule has 0 aliphatic heterocycles. The van der Waals surface area contributed by atoms with Crippen molar-refractivity contribution in [1.29, 1.82) is 0 Å². The minimum absolute atomic E-state index is 1.00. The van der Waals surface area contributed by atoms with E-state index in [2.05, 4.69) is 36.0 Å². The van der Waals surface area contributed by atoms with Gasteiger partial charge >= 0.3 is 0 Å². The molecule has 1 heterocycles. The first-order valence-electron chi connectivity index (χ1n) is 3.69. The zero-order valence-corrected chi connectivity index (χ0v) is 6.33. The molecule has 0 aliphatic carbocycles. The van der Waals surface area contributed by atoms with Crippen LogP contribution >= 0.6 is 0 Å². The summed E-state index contributed by atoms with van der Waals surface area (Å²) in [5, 5.41) is 0. The normalized spacial score (nSPS) is 10.9. The molecule has 1 aromatic rings. The van der Waals surface area contributed by atoms with Gasteiger partial charge in [-0.2, -0.15) is 0 Å². The molecule has 10 heavy (non-hydrogen) atoms. The summed E-state index contributed by atoms with van der Waals surface area (Å²) in [6.07, 6.45) is 9.63. The lowest BCUT2D eigenvalue weighted by atomic mass is 10.4. The van der Waals surface area contributed by atoms with Gasteiger partial charge in [0.15, 0.2) is 0 Å². The van der Waals surface area contributed by atoms with Gasteiger partial charge in [0.25, 0.3) is 0 Å². The Morgan fingerprint density at radius 1 is 1.20 bits per heavy atom. The molecule has 0 atom stereocenters. The lowest BCUT2D eigenvalue weighted by Crippen LogP contribution is -1.88. The quantitative estimate of drug-likeness (QED) is 0.561. The van der Waals surface area contributed by atoms with Crippen molar-refractivity contribution in [2.24, 2.45) is 0 Å². The van der Waals surface area contributed by atoms with E-state index in [9.17, 15) is 0 Å². The second-order valence-electron chi connectivity index (χ2n) is 2.26. The number of nitrogens with zero attached hydrogens (tertiary/aromatic N) is 1. The van der Waals surface area contributed by atoms with Crippen LogP contribution in [0.15, 0.2) is 36.7 Å². The smallest absolute Gasteiger partial charge is 0.0400 e. The summed E-state index contributed by atoms with van der Waals surface area (Å²) >= 11 is 0. The van der Waals surface area contributed by atoms with Gasteiger partial charge in [-0.25, -0.2) is 0 Å². The van der Waals surface area contributed by atoms with Crippen LogP contribution < -0.4 is 0 Å². The Morgan fingerprint density at radius 3 is 2.50 bits per heavy atom. The summed E-state index contributed by atoms with van der Waals surface area (Å²) in [6, 6.07) is 4.08. The van der Waals surface area contributed by atoms with Crippen LogP contribution in [0.5, 0.6) is 0 Å². The molecule has 0 bridgehead atoms. The predicted octanol–water partition coefficient (Wildman–Crippen LogP) is 2.45. The average Bonchev–Trinajstić information content (AvgIpc) is 2.41. The molecule has 0 aromatic carbocycles. The van der Waals surface area contributed by atoms with Gasteiger partial charge in [0.1, 0.15) is 0 Å². The van der Waals surface area contributed by atoms with Gasteiger partial charge in [-0.15, -0.1) is 0 Å². The average molecular weight is 135 g/mol. The molecule has 0 saturated heterocycles. The van der Waals surface area contributed by atoms with Crippen molar-refractivity contribution in [3.63, 3.8) is 0 Å². The van der Waals surface area contributed by atoms with Crippen LogP contribution in [0.25, 0.3) is 0 Å². The highest BCUT2D eigenvalue weighted by molar-refractivity contribution is 4.93. The highest BCUT2D eigenvalue weighted by Gasteiger charge is 1.80. The van der Waals surface area contributed by atoms with E-state index in [1.54, 1.807) is 0 Å². The van der Waals surface area contributed by atoms with Gasteiger partial charge < -0.3 is 4.57 Å². The fourth-order valence-corrected chi connectivity index (χ4v) is 0.855. The van der Waals surface area contributed by atoms with Crippen molar-refractivity contribution in [2.45, 2.75) is 19.9 Å². The standard InChI is InChI=1S/C9H13N/c1-2-3-4-7-10-8-5-6-9-10/h3-6,8-9H,2,7H2,1H3/b4-3-. The van der Waals surface area contributed by atoms with Crippen molar-refractivity contribution < 1.29 is 0 Å². The lowest BCUT2D eigenvalue weighted by molar-refractivity contribution is 0.827. The number of allylic oxidation sites excluding steroid dienone is 2. The van der Waals surface area contributed by atoms with Gasteiger partial charge in [0.2, 0.25) is 0 Å². The molecule has 54 valence electrons. The summed E-state index contributed by atoms with van der Waals surface area (Å²) in [5.74, 6) is 0. The van der Waals surface area contributed by atoms with E-state index in [0.717, 1.165) is 13.0 Å². The van der Waals surface area contributed by atoms with E-state index < -0.39 is 0 Å². The molecule has 1 aromatic heterocycles.